The Morgan fingerprint density at radius 1 is 1.44 bits per heavy atom. The van der Waals surface area contributed by atoms with Gasteiger partial charge in [-0.1, -0.05) is 44.4 Å². The Bertz CT molecular complexity index is 864. The molecule has 3 aliphatic rings. The van der Waals surface area contributed by atoms with Crippen LogP contribution in [0.25, 0.3) is 0 Å². The molecular weight excluding hydrogens is 424 g/mol. The fourth-order valence-electron chi connectivity index (χ4n) is 5.30. The number of hydrogen-bond donors (Lipinski definition) is 5. The normalized spacial score (nSPS) is 29.0. The summed E-state index contributed by atoms with van der Waals surface area (Å²) in [5.74, 6) is 0.662. The summed E-state index contributed by atoms with van der Waals surface area (Å²) in [6, 6.07) is -0.0729. The minimum Gasteiger partial charge on any atom is -0.377 e. The number of nitrogens with two attached hydrogens (primary N) is 2. The van der Waals surface area contributed by atoms with Crippen molar-refractivity contribution in [3.8, 4) is 0 Å². The zero-order valence-electron chi connectivity index (χ0n) is 18.8. The predicted molar refractivity (Wildman–Crippen MR) is 126 cm³/mol. The van der Waals surface area contributed by atoms with E-state index in [1.807, 2.05) is 10.3 Å². The van der Waals surface area contributed by atoms with Crippen molar-refractivity contribution in [1.82, 2.24) is 20.5 Å². The highest BCUT2D eigenvalue weighted by Gasteiger charge is 2.66. The second-order valence-corrected chi connectivity index (χ2v) is 10.1. The fourth-order valence-corrected chi connectivity index (χ4v) is 6.11. The zero-order valence-corrected chi connectivity index (χ0v) is 19.6. The van der Waals surface area contributed by atoms with E-state index in [9.17, 15) is 9.90 Å². The van der Waals surface area contributed by atoms with E-state index in [0.29, 0.717) is 37.2 Å². The van der Waals surface area contributed by atoms with Crippen molar-refractivity contribution in [2.75, 3.05) is 19.8 Å². The summed E-state index contributed by atoms with van der Waals surface area (Å²) >= 11 is 1.58. The topological polar surface area (TPSA) is 130 Å². The lowest BCUT2D eigenvalue weighted by Gasteiger charge is -2.28. The van der Waals surface area contributed by atoms with Crippen LogP contribution >= 0.6 is 11.3 Å². The first-order valence-corrected chi connectivity index (χ1v) is 12.6. The second-order valence-electron chi connectivity index (χ2n) is 9.17. The summed E-state index contributed by atoms with van der Waals surface area (Å²) in [7, 11) is 0. The van der Waals surface area contributed by atoms with Gasteiger partial charge in [-0.2, -0.15) is 0 Å². The average Bonchev–Trinajstić information content (AvgIpc) is 3.21. The summed E-state index contributed by atoms with van der Waals surface area (Å²) in [6.07, 6.45) is 12.2. The number of aliphatic hydroxyl groups is 1. The maximum absolute atomic E-state index is 13.5. The Labute approximate surface area is 194 Å². The summed E-state index contributed by atoms with van der Waals surface area (Å²) < 4.78 is 0. The number of allylic oxidation sites excluding steroid dienone is 1. The number of hydrogen-bond acceptors (Lipinski definition) is 8. The lowest BCUT2D eigenvalue weighted by atomic mass is 9.88. The van der Waals surface area contributed by atoms with Crippen molar-refractivity contribution in [2.45, 2.75) is 63.2 Å². The number of nitrogens with zero attached hydrogens (tertiary/aromatic N) is 2. The lowest BCUT2D eigenvalue weighted by molar-refractivity contribution is -0.129. The third kappa shape index (κ3) is 4.49. The van der Waals surface area contributed by atoms with Gasteiger partial charge in [0.25, 0.3) is 5.91 Å². The molecule has 1 spiro atoms. The van der Waals surface area contributed by atoms with Gasteiger partial charge in [-0.25, -0.2) is 4.98 Å². The molecule has 7 N–H and O–H groups in total. The van der Waals surface area contributed by atoms with Crippen LogP contribution in [0.15, 0.2) is 29.3 Å². The van der Waals surface area contributed by atoms with Crippen LogP contribution in [0.1, 0.15) is 55.8 Å². The monoisotopic (exact) mass is 460 g/mol. The quantitative estimate of drug-likeness (QED) is 0.214. The van der Waals surface area contributed by atoms with E-state index >= 15 is 0 Å². The number of aromatic nitrogens is 1. The van der Waals surface area contributed by atoms with E-state index < -0.39 is 0 Å². The van der Waals surface area contributed by atoms with Crippen LogP contribution < -0.4 is 22.1 Å². The molecule has 1 aromatic heterocycles. The van der Waals surface area contributed by atoms with Crippen molar-refractivity contribution in [1.29, 1.82) is 0 Å². The number of aliphatic hydroxyl groups excluding tert-OH is 1. The third-order valence-corrected chi connectivity index (χ3v) is 8.10. The molecule has 176 valence electrons. The molecule has 8 nitrogen and oxygen atoms in total. The van der Waals surface area contributed by atoms with E-state index in [1.54, 1.807) is 11.3 Å². The molecule has 0 bridgehead atoms. The Balaban J connectivity index is 1.43. The van der Waals surface area contributed by atoms with Crippen molar-refractivity contribution in [3.05, 3.63) is 40.0 Å². The van der Waals surface area contributed by atoms with Gasteiger partial charge < -0.3 is 32.1 Å². The highest BCUT2D eigenvalue weighted by Crippen LogP contribution is 2.52. The summed E-state index contributed by atoms with van der Waals surface area (Å²) in [5.41, 5.74) is 12.7. The molecule has 4 rings (SSSR count). The largest absolute Gasteiger partial charge is 0.377 e. The van der Waals surface area contributed by atoms with Gasteiger partial charge in [-0.05, 0) is 18.8 Å². The van der Waals surface area contributed by atoms with Crippen molar-refractivity contribution >= 4 is 17.2 Å². The molecule has 3 unspecified atom stereocenters. The van der Waals surface area contributed by atoms with Crippen LogP contribution in [0.4, 0.5) is 0 Å². The molecule has 1 amide bonds. The smallest absolute Gasteiger partial charge is 0.270 e. The van der Waals surface area contributed by atoms with Gasteiger partial charge in [-0.3, -0.25) is 4.79 Å². The fraction of sp³-hybridized carbons (Fsp3) is 0.652. The summed E-state index contributed by atoms with van der Waals surface area (Å²) in [5, 5.41) is 19.0. The third-order valence-electron chi connectivity index (χ3n) is 7.23. The number of carbonyl (C=O) groups is 1. The van der Waals surface area contributed by atoms with E-state index in [-0.39, 0.29) is 30.3 Å². The Kier molecular flexibility index (Phi) is 7.31. The van der Waals surface area contributed by atoms with E-state index in [0.717, 1.165) is 23.5 Å². The molecule has 0 aromatic carbocycles. The number of nitrogens with one attached hydrogen (secondary N) is 2. The number of carbonyl (C=O) groups excluding carboxylic acids is 1. The highest BCUT2D eigenvalue weighted by molar-refractivity contribution is 7.09. The maximum atomic E-state index is 13.5. The van der Waals surface area contributed by atoms with Crippen molar-refractivity contribution in [3.63, 3.8) is 0 Å². The van der Waals surface area contributed by atoms with Gasteiger partial charge in [0.1, 0.15) is 11.7 Å². The lowest BCUT2D eigenvalue weighted by Crippen LogP contribution is -2.46. The number of amides is 1. The Morgan fingerprint density at radius 3 is 2.94 bits per heavy atom. The van der Waals surface area contributed by atoms with Gasteiger partial charge in [0.05, 0.1) is 23.0 Å². The van der Waals surface area contributed by atoms with Crippen LogP contribution in [0.2, 0.25) is 0 Å². The van der Waals surface area contributed by atoms with E-state index in [2.05, 4.69) is 40.8 Å². The molecule has 32 heavy (non-hydrogen) atoms. The molecule has 1 aliphatic heterocycles. The molecule has 2 heterocycles. The molecule has 0 radical (unpaired) electrons. The maximum Gasteiger partial charge on any atom is 0.270 e. The van der Waals surface area contributed by atoms with Gasteiger partial charge in [-0.15, -0.1) is 11.3 Å². The van der Waals surface area contributed by atoms with E-state index in [1.165, 1.54) is 19.3 Å². The van der Waals surface area contributed by atoms with Crippen LogP contribution in [-0.4, -0.2) is 52.3 Å². The first kappa shape index (κ1) is 23.4. The van der Waals surface area contributed by atoms with Crippen molar-refractivity contribution < 1.29 is 9.90 Å². The SMILES string of the molecule is CC1C(NCc2nc([C@H](N)CN)cs2)C12C=CCN2C(=O)/C(=C/C1CCCCC1)NCO. The van der Waals surface area contributed by atoms with Gasteiger partial charge in [0.15, 0.2) is 0 Å². The molecule has 0 saturated heterocycles. The Morgan fingerprint density at radius 2 is 2.22 bits per heavy atom. The molecule has 1 aromatic rings. The molecular formula is C23H36N6O2S. The van der Waals surface area contributed by atoms with Gasteiger partial charge in [0.2, 0.25) is 0 Å². The Hall–Kier alpha value is -1.78. The molecule has 2 saturated carbocycles. The first-order chi connectivity index (χ1) is 15.5. The van der Waals surface area contributed by atoms with E-state index in [4.69, 9.17) is 11.5 Å². The second kappa shape index (κ2) is 10.0. The van der Waals surface area contributed by atoms with Crippen LogP contribution in [0.3, 0.4) is 0 Å². The van der Waals surface area contributed by atoms with Crippen LogP contribution in [0, 0.1) is 11.8 Å². The molecule has 4 atom stereocenters. The molecule has 9 heteroatoms. The van der Waals surface area contributed by atoms with Crippen molar-refractivity contribution in [2.24, 2.45) is 23.3 Å². The summed E-state index contributed by atoms with van der Waals surface area (Å²) in [6.45, 7) is 3.53. The number of rotatable bonds is 9. The standard InChI is InChI=1S/C23H36N6O2S/c1-15-21(26-12-20-28-19(13-32-20)17(25)11-24)23(15)8-5-9-29(23)22(31)18(27-14-30)10-16-6-3-2-4-7-16/h5,8,10,13,15-17,21,26-27,30H,2-4,6-7,9,11-12,14,24-25H2,1H3/b18-10-/t15?,17-,21?,23?/m1/s1. The van der Waals surface area contributed by atoms with Crippen LogP contribution in [-0.2, 0) is 11.3 Å². The summed E-state index contributed by atoms with van der Waals surface area (Å²) in [4.78, 5) is 20.1. The van der Waals surface area contributed by atoms with Crippen LogP contribution in [0.5, 0.6) is 0 Å². The predicted octanol–water partition coefficient (Wildman–Crippen LogP) is 1.35. The zero-order chi connectivity index (χ0) is 22.7. The highest BCUT2D eigenvalue weighted by atomic mass is 32.1. The molecule has 2 fully saturated rings. The van der Waals surface area contributed by atoms with Gasteiger partial charge >= 0.3 is 0 Å². The minimum atomic E-state index is -0.326. The average molecular weight is 461 g/mol. The molecule has 2 aliphatic carbocycles. The number of thiazole rings is 1. The minimum absolute atomic E-state index is 0.0313. The van der Waals surface area contributed by atoms with Gasteiger partial charge in [0, 0.05) is 37.0 Å². The first-order valence-electron chi connectivity index (χ1n) is 11.7.